The van der Waals surface area contributed by atoms with Crippen LogP contribution in [0.1, 0.15) is 19.8 Å². The molecule has 1 aliphatic carbocycles. The third-order valence-corrected chi connectivity index (χ3v) is 1.99. The highest BCUT2D eigenvalue weighted by Crippen LogP contribution is 2.20. The van der Waals surface area contributed by atoms with E-state index in [1.54, 1.807) is 6.92 Å². The molecule has 1 rings (SSSR count). The quantitative estimate of drug-likeness (QED) is 0.529. The molecule has 1 aliphatic rings. The van der Waals surface area contributed by atoms with Gasteiger partial charge in [0.1, 0.15) is 0 Å². The number of aliphatic hydroxyl groups is 2. The average molecular weight is 142 g/mol. The summed E-state index contributed by atoms with van der Waals surface area (Å²) in [6.07, 6.45) is 4.87. The smallest absolute Gasteiger partial charge is 0.0630 e. The van der Waals surface area contributed by atoms with Crippen molar-refractivity contribution in [1.29, 1.82) is 0 Å². The van der Waals surface area contributed by atoms with Crippen LogP contribution in [-0.2, 0) is 0 Å². The minimum absolute atomic E-state index is 0.0475. The van der Waals surface area contributed by atoms with Crippen molar-refractivity contribution in [3.05, 3.63) is 12.2 Å². The Morgan fingerprint density at radius 1 is 1.60 bits per heavy atom. The molecule has 0 radical (unpaired) electrons. The van der Waals surface area contributed by atoms with Gasteiger partial charge in [-0.2, -0.15) is 0 Å². The maximum absolute atomic E-state index is 9.33. The Bertz CT molecular complexity index is 129. The summed E-state index contributed by atoms with van der Waals surface area (Å²) in [6.45, 7) is 1.71. The van der Waals surface area contributed by atoms with Gasteiger partial charge in [-0.25, -0.2) is 0 Å². The molecule has 58 valence electrons. The van der Waals surface area contributed by atoms with Gasteiger partial charge in [0.25, 0.3) is 0 Å². The summed E-state index contributed by atoms with van der Waals surface area (Å²) in [7, 11) is 0. The van der Waals surface area contributed by atoms with Crippen molar-refractivity contribution in [3.8, 4) is 0 Å². The van der Waals surface area contributed by atoms with Crippen LogP contribution in [0.25, 0.3) is 0 Å². The van der Waals surface area contributed by atoms with E-state index >= 15 is 0 Å². The number of hydrogen-bond donors (Lipinski definition) is 2. The van der Waals surface area contributed by atoms with E-state index in [-0.39, 0.29) is 12.0 Å². The first kappa shape index (κ1) is 7.76. The van der Waals surface area contributed by atoms with Crippen LogP contribution < -0.4 is 0 Å². The van der Waals surface area contributed by atoms with Gasteiger partial charge < -0.3 is 10.2 Å². The Hall–Kier alpha value is -0.340. The van der Waals surface area contributed by atoms with Gasteiger partial charge in [-0.3, -0.25) is 0 Å². The first-order valence-corrected chi connectivity index (χ1v) is 3.74. The second kappa shape index (κ2) is 3.17. The van der Waals surface area contributed by atoms with Crippen LogP contribution in [0.15, 0.2) is 12.2 Å². The topological polar surface area (TPSA) is 40.5 Å². The Morgan fingerprint density at radius 2 is 2.30 bits per heavy atom. The van der Waals surface area contributed by atoms with E-state index in [2.05, 4.69) is 0 Å². The second-order valence-electron chi connectivity index (χ2n) is 2.89. The van der Waals surface area contributed by atoms with Crippen LogP contribution in [-0.4, -0.2) is 22.4 Å². The molecule has 0 saturated heterocycles. The molecule has 0 aliphatic heterocycles. The van der Waals surface area contributed by atoms with Gasteiger partial charge in [-0.05, 0) is 19.8 Å². The van der Waals surface area contributed by atoms with Crippen LogP contribution in [0.3, 0.4) is 0 Å². The van der Waals surface area contributed by atoms with Crippen molar-refractivity contribution in [2.75, 3.05) is 0 Å². The Labute approximate surface area is 61.2 Å². The monoisotopic (exact) mass is 142 g/mol. The van der Waals surface area contributed by atoms with Crippen molar-refractivity contribution in [1.82, 2.24) is 0 Å². The fourth-order valence-corrected chi connectivity index (χ4v) is 1.32. The Morgan fingerprint density at radius 3 is 2.70 bits per heavy atom. The number of rotatable bonds is 1. The summed E-state index contributed by atoms with van der Waals surface area (Å²) in [6, 6.07) is 0. The fraction of sp³-hybridized carbons (Fsp3) is 0.750. The van der Waals surface area contributed by atoms with E-state index in [0.29, 0.717) is 0 Å². The SMILES string of the molecule is C[C@H](O)C1C=CCCC1O. The summed E-state index contributed by atoms with van der Waals surface area (Å²) < 4.78 is 0. The van der Waals surface area contributed by atoms with Crippen LogP contribution in [0.5, 0.6) is 0 Å². The zero-order valence-electron chi connectivity index (χ0n) is 6.20. The fourth-order valence-electron chi connectivity index (χ4n) is 1.32. The molecular weight excluding hydrogens is 128 g/mol. The van der Waals surface area contributed by atoms with Crippen LogP contribution >= 0.6 is 0 Å². The van der Waals surface area contributed by atoms with Crippen LogP contribution in [0.2, 0.25) is 0 Å². The number of allylic oxidation sites excluding steroid dienone is 1. The molecule has 2 nitrogen and oxygen atoms in total. The molecule has 3 atom stereocenters. The molecule has 0 aromatic heterocycles. The lowest BCUT2D eigenvalue weighted by atomic mass is 9.89. The number of hydrogen-bond acceptors (Lipinski definition) is 2. The lowest BCUT2D eigenvalue weighted by Crippen LogP contribution is -2.29. The molecule has 0 saturated carbocycles. The lowest BCUT2D eigenvalue weighted by Gasteiger charge is -2.24. The first-order chi connectivity index (χ1) is 4.72. The summed E-state index contributed by atoms with van der Waals surface area (Å²) in [5.41, 5.74) is 0. The molecule has 0 aromatic carbocycles. The van der Waals surface area contributed by atoms with E-state index in [9.17, 15) is 5.11 Å². The van der Waals surface area contributed by atoms with E-state index in [0.717, 1.165) is 12.8 Å². The molecule has 0 spiro atoms. The van der Waals surface area contributed by atoms with Crippen molar-refractivity contribution in [2.45, 2.75) is 32.0 Å². The standard InChI is InChI=1S/C8H14O2/c1-6(9)7-4-2-3-5-8(7)10/h2,4,6-10H,3,5H2,1H3/t6-,7?,8?/m0/s1. The summed E-state index contributed by atoms with van der Waals surface area (Å²) in [4.78, 5) is 0. The van der Waals surface area contributed by atoms with Crippen molar-refractivity contribution in [3.63, 3.8) is 0 Å². The van der Waals surface area contributed by atoms with Gasteiger partial charge in [0, 0.05) is 5.92 Å². The maximum Gasteiger partial charge on any atom is 0.0630 e. The average Bonchev–Trinajstić information content (AvgIpc) is 1.88. The minimum Gasteiger partial charge on any atom is -0.393 e. The maximum atomic E-state index is 9.33. The summed E-state index contributed by atoms with van der Waals surface area (Å²) in [5, 5.41) is 18.5. The second-order valence-corrected chi connectivity index (χ2v) is 2.89. The molecular formula is C8H14O2. The largest absolute Gasteiger partial charge is 0.393 e. The highest BCUT2D eigenvalue weighted by atomic mass is 16.3. The predicted molar refractivity (Wildman–Crippen MR) is 39.6 cm³/mol. The van der Waals surface area contributed by atoms with E-state index in [1.807, 2.05) is 12.2 Å². The molecule has 0 fully saturated rings. The molecule has 2 heteroatoms. The molecule has 0 bridgehead atoms. The zero-order valence-corrected chi connectivity index (χ0v) is 6.20. The lowest BCUT2D eigenvalue weighted by molar-refractivity contribution is 0.0381. The predicted octanol–water partition coefficient (Wildman–Crippen LogP) is 0.694. The summed E-state index contributed by atoms with van der Waals surface area (Å²) >= 11 is 0. The molecule has 0 amide bonds. The zero-order chi connectivity index (χ0) is 7.56. The molecule has 0 aromatic rings. The van der Waals surface area contributed by atoms with Crippen molar-refractivity contribution >= 4 is 0 Å². The third-order valence-electron chi connectivity index (χ3n) is 1.99. The highest BCUT2D eigenvalue weighted by Gasteiger charge is 2.22. The van der Waals surface area contributed by atoms with Gasteiger partial charge >= 0.3 is 0 Å². The molecule has 2 N–H and O–H groups in total. The van der Waals surface area contributed by atoms with Gasteiger partial charge in [0.15, 0.2) is 0 Å². The van der Waals surface area contributed by atoms with Crippen LogP contribution in [0, 0.1) is 5.92 Å². The Balaban J connectivity index is 2.55. The van der Waals surface area contributed by atoms with Gasteiger partial charge in [-0.1, -0.05) is 12.2 Å². The normalized spacial score (nSPS) is 35.9. The molecule has 2 unspecified atom stereocenters. The molecule has 0 heterocycles. The van der Waals surface area contributed by atoms with E-state index in [1.165, 1.54) is 0 Å². The Kier molecular flexibility index (Phi) is 2.46. The van der Waals surface area contributed by atoms with Gasteiger partial charge in [-0.15, -0.1) is 0 Å². The van der Waals surface area contributed by atoms with Crippen molar-refractivity contribution in [2.24, 2.45) is 5.92 Å². The van der Waals surface area contributed by atoms with Crippen LogP contribution in [0.4, 0.5) is 0 Å². The van der Waals surface area contributed by atoms with Gasteiger partial charge in [0.2, 0.25) is 0 Å². The van der Waals surface area contributed by atoms with Crippen molar-refractivity contribution < 1.29 is 10.2 Å². The third kappa shape index (κ3) is 1.58. The summed E-state index contributed by atoms with van der Waals surface area (Å²) in [5.74, 6) is -0.0475. The number of aliphatic hydroxyl groups excluding tert-OH is 2. The van der Waals surface area contributed by atoms with E-state index < -0.39 is 6.10 Å². The highest BCUT2D eigenvalue weighted by molar-refractivity contribution is 4.99. The first-order valence-electron chi connectivity index (χ1n) is 3.74. The van der Waals surface area contributed by atoms with Gasteiger partial charge in [0.05, 0.1) is 12.2 Å². The molecule has 10 heavy (non-hydrogen) atoms. The van der Waals surface area contributed by atoms with E-state index in [4.69, 9.17) is 5.11 Å². The minimum atomic E-state index is -0.424.